The van der Waals surface area contributed by atoms with Crippen LogP contribution in [0.2, 0.25) is 0 Å². The Kier molecular flexibility index (Phi) is 3.51. The van der Waals surface area contributed by atoms with Gasteiger partial charge in [0.1, 0.15) is 11.7 Å². The van der Waals surface area contributed by atoms with Gasteiger partial charge in [0, 0.05) is 30.1 Å². The second-order valence-electron chi connectivity index (χ2n) is 5.81. The Labute approximate surface area is 124 Å². The highest BCUT2D eigenvalue weighted by atomic mass is 15.3. The molecule has 5 nitrogen and oxygen atoms in total. The van der Waals surface area contributed by atoms with Crippen molar-refractivity contribution in [2.45, 2.75) is 12.5 Å². The van der Waals surface area contributed by atoms with Crippen molar-refractivity contribution in [2.75, 3.05) is 32.1 Å². The van der Waals surface area contributed by atoms with E-state index < -0.39 is 0 Å². The van der Waals surface area contributed by atoms with Gasteiger partial charge in [-0.25, -0.2) is 4.98 Å². The molecule has 0 bridgehead atoms. The lowest BCUT2D eigenvalue weighted by Crippen LogP contribution is -2.31. The molecule has 1 unspecified atom stereocenters. The third-order valence-corrected chi connectivity index (χ3v) is 4.21. The van der Waals surface area contributed by atoms with E-state index >= 15 is 0 Å². The lowest BCUT2D eigenvalue weighted by Gasteiger charge is -2.22. The van der Waals surface area contributed by atoms with Gasteiger partial charge in [0.05, 0.1) is 5.52 Å². The number of pyridine rings is 1. The summed E-state index contributed by atoms with van der Waals surface area (Å²) in [4.78, 5) is 9.29. The summed E-state index contributed by atoms with van der Waals surface area (Å²) >= 11 is 0. The molecule has 1 saturated heterocycles. The van der Waals surface area contributed by atoms with Gasteiger partial charge < -0.3 is 15.5 Å². The van der Waals surface area contributed by atoms with Gasteiger partial charge in [-0.15, -0.1) is 0 Å². The average molecular weight is 283 g/mol. The van der Waals surface area contributed by atoms with Crippen LogP contribution in [0.4, 0.5) is 5.82 Å². The molecule has 3 N–H and O–H groups in total. The fourth-order valence-electron chi connectivity index (χ4n) is 2.92. The zero-order valence-corrected chi connectivity index (χ0v) is 12.5. The molecule has 1 aliphatic rings. The third kappa shape index (κ3) is 2.56. The number of aromatic nitrogens is 1. The zero-order chi connectivity index (χ0) is 15.0. The van der Waals surface area contributed by atoms with Crippen molar-refractivity contribution in [3.05, 3.63) is 35.9 Å². The Balaban J connectivity index is 2.02. The van der Waals surface area contributed by atoms with E-state index in [-0.39, 0.29) is 5.84 Å². The van der Waals surface area contributed by atoms with Crippen LogP contribution in [0.15, 0.2) is 30.3 Å². The largest absolute Gasteiger partial charge is 0.384 e. The number of hydrogen-bond acceptors (Lipinski definition) is 4. The van der Waals surface area contributed by atoms with Crippen LogP contribution in [0.5, 0.6) is 0 Å². The molecule has 1 aliphatic heterocycles. The van der Waals surface area contributed by atoms with Gasteiger partial charge in [0.2, 0.25) is 0 Å². The molecule has 1 aromatic carbocycles. The number of nitrogens with two attached hydrogens (primary N) is 1. The molecular formula is C16H21N5. The molecule has 110 valence electrons. The normalized spacial score (nSPS) is 18.6. The topological polar surface area (TPSA) is 69.2 Å². The van der Waals surface area contributed by atoms with E-state index in [1.165, 1.54) is 0 Å². The minimum absolute atomic E-state index is 0.0956. The minimum Gasteiger partial charge on any atom is -0.384 e. The fraction of sp³-hybridized carbons (Fsp3) is 0.375. The average Bonchev–Trinajstić information content (AvgIpc) is 2.96. The van der Waals surface area contributed by atoms with E-state index in [4.69, 9.17) is 16.1 Å². The summed E-state index contributed by atoms with van der Waals surface area (Å²) in [6, 6.07) is 10.4. The van der Waals surface area contributed by atoms with Gasteiger partial charge in [-0.05, 0) is 32.6 Å². The van der Waals surface area contributed by atoms with Crippen molar-refractivity contribution >= 4 is 22.6 Å². The van der Waals surface area contributed by atoms with E-state index in [9.17, 15) is 0 Å². The number of anilines is 1. The Morgan fingerprint density at radius 2 is 2.14 bits per heavy atom. The second-order valence-corrected chi connectivity index (χ2v) is 5.81. The Hall–Kier alpha value is -2.14. The number of rotatable bonds is 3. The van der Waals surface area contributed by atoms with Crippen LogP contribution in [0, 0.1) is 5.41 Å². The maximum Gasteiger partial charge on any atom is 0.130 e. The highest BCUT2D eigenvalue weighted by Crippen LogP contribution is 2.26. The first kappa shape index (κ1) is 13.8. The first-order valence-electron chi connectivity index (χ1n) is 7.22. The molecule has 0 radical (unpaired) electrons. The van der Waals surface area contributed by atoms with Crippen LogP contribution in [-0.4, -0.2) is 48.9 Å². The van der Waals surface area contributed by atoms with Gasteiger partial charge >= 0.3 is 0 Å². The van der Waals surface area contributed by atoms with Gasteiger partial charge in [-0.3, -0.25) is 5.41 Å². The maximum absolute atomic E-state index is 7.82. The first-order chi connectivity index (χ1) is 10.1. The van der Waals surface area contributed by atoms with E-state index in [1.807, 2.05) is 30.3 Å². The molecule has 3 rings (SSSR count). The number of likely N-dealkylation sites (N-methyl/N-ethyl adjacent to an activating group) is 1. The highest BCUT2D eigenvalue weighted by molar-refractivity contribution is 6.07. The van der Waals surface area contributed by atoms with Crippen LogP contribution in [-0.2, 0) is 0 Å². The van der Waals surface area contributed by atoms with E-state index in [0.29, 0.717) is 6.04 Å². The quantitative estimate of drug-likeness (QED) is 0.664. The van der Waals surface area contributed by atoms with Crippen LogP contribution in [0.3, 0.4) is 0 Å². The van der Waals surface area contributed by atoms with E-state index in [0.717, 1.165) is 41.8 Å². The summed E-state index contributed by atoms with van der Waals surface area (Å²) < 4.78 is 0. The number of nitrogens with one attached hydrogen (secondary N) is 1. The monoisotopic (exact) mass is 283 g/mol. The summed E-state index contributed by atoms with van der Waals surface area (Å²) in [6.07, 6.45) is 1.14. The first-order valence-corrected chi connectivity index (χ1v) is 7.22. The SMILES string of the molecule is CN(C)C1CCN(c2cc(C(=N)N)c3ccccc3n2)C1. The third-order valence-electron chi connectivity index (χ3n) is 4.21. The molecule has 1 aromatic heterocycles. The lowest BCUT2D eigenvalue weighted by molar-refractivity contribution is 0.315. The molecule has 21 heavy (non-hydrogen) atoms. The molecule has 0 aliphatic carbocycles. The number of nitrogen functional groups attached to an aromatic ring is 1. The van der Waals surface area contributed by atoms with Crippen molar-refractivity contribution in [1.29, 1.82) is 5.41 Å². The van der Waals surface area contributed by atoms with Gasteiger partial charge in [0.25, 0.3) is 0 Å². The molecule has 0 spiro atoms. The molecule has 2 aromatic rings. The number of hydrogen-bond donors (Lipinski definition) is 2. The van der Waals surface area contributed by atoms with Crippen molar-refractivity contribution < 1.29 is 0 Å². The summed E-state index contributed by atoms with van der Waals surface area (Å²) in [5.74, 6) is 1.02. The minimum atomic E-state index is 0.0956. The fourth-order valence-corrected chi connectivity index (χ4v) is 2.92. The van der Waals surface area contributed by atoms with Crippen molar-refractivity contribution in [1.82, 2.24) is 9.88 Å². The molecular weight excluding hydrogens is 262 g/mol. The molecule has 0 saturated carbocycles. The molecule has 1 fully saturated rings. The van der Waals surface area contributed by atoms with Gasteiger partial charge in [-0.2, -0.15) is 0 Å². The standard InChI is InChI=1S/C16H21N5/c1-20(2)11-7-8-21(10-11)15-9-13(16(17)18)12-5-3-4-6-14(12)19-15/h3-6,9,11H,7-8,10H2,1-2H3,(H3,17,18). The van der Waals surface area contributed by atoms with E-state index in [2.05, 4.69) is 23.9 Å². The van der Waals surface area contributed by atoms with Crippen LogP contribution in [0.25, 0.3) is 10.9 Å². The summed E-state index contributed by atoms with van der Waals surface area (Å²) in [7, 11) is 4.23. The number of nitrogens with zero attached hydrogens (tertiary/aromatic N) is 3. The smallest absolute Gasteiger partial charge is 0.130 e. The summed E-state index contributed by atoms with van der Waals surface area (Å²) in [5, 5.41) is 8.76. The number of benzene rings is 1. The molecule has 5 heteroatoms. The summed E-state index contributed by atoms with van der Waals surface area (Å²) in [6.45, 7) is 1.96. The van der Waals surface area contributed by atoms with Crippen molar-refractivity contribution in [3.63, 3.8) is 0 Å². The second kappa shape index (κ2) is 5.33. The highest BCUT2D eigenvalue weighted by Gasteiger charge is 2.25. The van der Waals surface area contributed by atoms with Crippen LogP contribution < -0.4 is 10.6 Å². The van der Waals surface area contributed by atoms with Gasteiger partial charge in [0.15, 0.2) is 0 Å². The number of amidine groups is 1. The Morgan fingerprint density at radius 1 is 1.38 bits per heavy atom. The van der Waals surface area contributed by atoms with Gasteiger partial charge in [-0.1, -0.05) is 18.2 Å². The number of fused-ring (bicyclic) bond motifs is 1. The van der Waals surface area contributed by atoms with Crippen LogP contribution >= 0.6 is 0 Å². The van der Waals surface area contributed by atoms with Crippen molar-refractivity contribution in [3.8, 4) is 0 Å². The molecule has 2 heterocycles. The molecule has 0 amide bonds. The van der Waals surface area contributed by atoms with Crippen LogP contribution in [0.1, 0.15) is 12.0 Å². The van der Waals surface area contributed by atoms with E-state index in [1.54, 1.807) is 0 Å². The molecule has 1 atom stereocenters. The Bertz CT molecular complexity index is 679. The van der Waals surface area contributed by atoms with Crippen molar-refractivity contribution in [2.24, 2.45) is 5.73 Å². The Morgan fingerprint density at radius 3 is 2.81 bits per heavy atom. The lowest BCUT2D eigenvalue weighted by atomic mass is 10.1. The zero-order valence-electron chi connectivity index (χ0n) is 12.5. The predicted octanol–water partition coefficient (Wildman–Crippen LogP) is 1.66. The number of para-hydroxylation sites is 1. The maximum atomic E-state index is 7.82. The summed E-state index contributed by atoms with van der Waals surface area (Å²) in [5.41, 5.74) is 7.42. The predicted molar refractivity (Wildman–Crippen MR) is 87.1 cm³/mol.